The summed E-state index contributed by atoms with van der Waals surface area (Å²) in [5.74, 6) is 0.104. The molecule has 2 rings (SSSR count). The van der Waals surface area contributed by atoms with Gasteiger partial charge in [0.2, 0.25) is 5.91 Å². The highest BCUT2D eigenvalue weighted by atomic mass is 16.5. The molecule has 2 N–H and O–H groups in total. The second kappa shape index (κ2) is 6.56. The topological polar surface area (TPSA) is 55.3 Å². The van der Waals surface area contributed by atoms with Crippen molar-refractivity contribution in [3.05, 3.63) is 24.0 Å². The Kier molecular flexibility index (Phi) is 4.78. The fraction of sp³-hybridized carbons (Fsp3) is 0.615. The lowest BCUT2D eigenvalue weighted by Gasteiger charge is -2.10. The van der Waals surface area contributed by atoms with Gasteiger partial charge in [-0.15, -0.1) is 0 Å². The van der Waals surface area contributed by atoms with E-state index in [0.717, 1.165) is 31.6 Å². The van der Waals surface area contributed by atoms with Crippen molar-refractivity contribution in [2.24, 2.45) is 0 Å². The molecule has 5 heteroatoms. The Morgan fingerprint density at radius 2 is 2.39 bits per heavy atom. The Balaban J connectivity index is 1.76. The molecule has 0 bridgehead atoms. The summed E-state index contributed by atoms with van der Waals surface area (Å²) in [5.41, 5.74) is 1.12. The third-order valence-electron chi connectivity index (χ3n) is 2.97. The van der Waals surface area contributed by atoms with Gasteiger partial charge in [0, 0.05) is 38.1 Å². The number of ether oxygens (including phenoxy) is 1. The molecule has 0 radical (unpaired) electrons. The van der Waals surface area contributed by atoms with Crippen molar-refractivity contribution in [1.82, 2.24) is 15.2 Å². The largest absolute Gasteiger partial charge is 0.383 e. The molecule has 1 aromatic heterocycles. The zero-order valence-electron chi connectivity index (χ0n) is 10.8. The van der Waals surface area contributed by atoms with Gasteiger partial charge in [-0.2, -0.15) is 0 Å². The zero-order chi connectivity index (χ0) is 12.8. The second-order valence-electron chi connectivity index (χ2n) is 4.64. The number of aromatic nitrogens is 1. The molecule has 5 nitrogen and oxygen atoms in total. The van der Waals surface area contributed by atoms with Gasteiger partial charge in [0.25, 0.3) is 0 Å². The van der Waals surface area contributed by atoms with Crippen LogP contribution in [0, 0.1) is 0 Å². The van der Waals surface area contributed by atoms with Crippen molar-refractivity contribution >= 4 is 5.91 Å². The van der Waals surface area contributed by atoms with Crippen molar-refractivity contribution in [1.29, 1.82) is 0 Å². The molecule has 1 saturated carbocycles. The van der Waals surface area contributed by atoms with Crippen LogP contribution in [0.3, 0.4) is 0 Å². The molecule has 0 aliphatic heterocycles. The first-order chi connectivity index (χ1) is 8.79. The summed E-state index contributed by atoms with van der Waals surface area (Å²) >= 11 is 0. The number of hydrogen-bond donors (Lipinski definition) is 2. The molecule has 1 aromatic rings. The molecule has 1 heterocycles. The maximum Gasteiger partial charge on any atom is 0.240 e. The Labute approximate surface area is 108 Å². The van der Waals surface area contributed by atoms with Crippen LogP contribution in [-0.2, 0) is 22.6 Å². The average molecular weight is 251 g/mol. The van der Waals surface area contributed by atoms with Crippen molar-refractivity contribution in [3.63, 3.8) is 0 Å². The van der Waals surface area contributed by atoms with Crippen molar-refractivity contribution in [3.8, 4) is 0 Å². The minimum atomic E-state index is 0.104. The average Bonchev–Trinajstić information content (AvgIpc) is 3.05. The monoisotopic (exact) mass is 251 g/mol. The number of nitrogens with one attached hydrogen (secondary N) is 2. The predicted octanol–water partition coefficient (Wildman–Crippen LogP) is 0.503. The fourth-order valence-corrected chi connectivity index (χ4v) is 1.81. The zero-order valence-corrected chi connectivity index (χ0v) is 10.8. The Bertz CT molecular complexity index is 385. The maximum absolute atomic E-state index is 11.7. The smallest absolute Gasteiger partial charge is 0.240 e. The van der Waals surface area contributed by atoms with Crippen LogP contribution >= 0.6 is 0 Å². The van der Waals surface area contributed by atoms with Gasteiger partial charge in [0.15, 0.2) is 0 Å². The molecule has 1 amide bonds. The van der Waals surface area contributed by atoms with Gasteiger partial charge in [0.1, 0.15) is 6.54 Å². The van der Waals surface area contributed by atoms with Gasteiger partial charge >= 0.3 is 0 Å². The molecule has 1 aliphatic carbocycles. The lowest BCUT2D eigenvalue weighted by Crippen LogP contribution is -2.30. The number of hydrogen-bond acceptors (Lipinski definition) is 3. The summed E-state index contributed by atoms with van der Waals surface area (Å²) in [6, 6.07) is 4.43. The minimum Gasteiger partial charge on any atom is -0.383 e. The SMILES string of the molecule is COCCNCc1cccn1CC(=O)NC1CC1. The lowest BCUT2D eigenvalue weighted by molar-refractivity contribution is -0.121. The van der Waals surface area contributed by atoms with Crippen LogP contribution in [0.4, 0.5) is 0 Å². The number of nitrogens with zero attached hydrogens (tertiary/aromatic N) is 1. The van der Waals surface area contributed by atoms with Gasteiger partial charge in [-0.3, -0.25) is 4.79 Å². The highest BCUT2D eigenvalue weighted by molar-refractivity contribution is 5.76. The standard InChI is InChI=1S/C13H21N3O2/c1-18-8-6-14-9-12-3-2-7-16(12)10-13(17)15-11-4-5-11/h2-3,7,11,14H,4-6,8-10H2,1H3,(H,15,17). The highest BCUT2D eigenvalue weighted by Gasteiger charge is 2.23. The van der Waals surface area contributed by atoms with E-state index in [0.29, 0.717) is 19.2 Å². The van der Waals surface area contributed by atoms with Gasteiger partial charge in [0.05, 0.1) is 6.61 Å². The first-order valence-corrected chi connectivity index (χ1v) is 6.42. The number of carbonyl (C=O) groups is 1. The van der Waals surface area contributed by atoms with Crippen LogP contribution in [0.15, 0.2) is 18.3 Å². The van der Waals surface area contributed by atoms with Gasteiger partial charge in [-0.05, 0) is 25.0 Å². The molecule has 0 atom stereocenters. The molecular formula is C13H21N3O2. The van der Waals surface area contributed by atoms with Crippen molar-refractivity contribution in [2.45, 2.75) is 32.0 Å². The molecule has 0 spiro atoms. The molecule has 0 aromatic carbocycles. The normalized spacial score (nSPS) is 14.7. The minimum absolute atomic E-state index is 0.104. The highest BCUT2D eigenvalue weighted by Crippen LogP contribution is 2.18. The summed E-state index contributed by atoms with van der Waals surface area (Å²) in [7, 11) is 1.69. The predicted molar refractivity (Wildman–Crippen MR) is 69.2 cm³/mol. The van der Waals surface area contributed by atoms with Crippen LogP contribution < -0.4 is 10.6 Å². The van der Waals surface area contributed by atoms with E-state index in [4.69, 9.17) is 4.74 Å². The number of methoxy groups -OCH3 is 1. The molecule has 0 unspecified atom stereocenters. The van der Waals surface area contributed by atoms with Crippen LogP contribution in [-0.4, -0.2) is 36.8 Å². The van der Waals surface area contributed by atoms with Crippen LogP contribution in [0.5, 0.6) is 0 Å². The third kappa shape index (κ3) is 4.16. The summed E-state index contributed by atoms with van der Waals surface area (Å²) in [5, 5.41) is 6.27. The first-order valence-electron chi connectivity index (χ1n) is 6.42. The third-order valence-corrected chi connectivity index (χ3v) is 2.97. The number of carbonyl (C=O) groups excluding carboxylic acids is 1. The van der Waals surface area contributed by atoms with Crippen LogP contribution in [0.25, 0.3) is 0 Å². The van der Waals surface area contributed by atoms with E-state index in [2.05, 4.69) is 10.6 Å². The first kappa shape index (κ1) is 13.1. The molecular weight excluding hydrogens is 230 g/mol. The van der Waals surface area contributed by atoms with Gasteiger partial charge < -0.3 is 19.9 Å². The Morgan fingerprint density at radius 3 is 3.11 bits per heavy atom. The van der Waals surface area contributed by atoms with E-state index < -0.39 is 0 Å². The number of amides is 1. The molecule has 100 valence electrons. The second-order valence-corrected chi connectivity index (χ2v) is 4.64. The Morgan fingerprint density at radius 1 is 1.56 bits per heavy atom. The summed E-state index contributed by atoms with van der Waals surface area (Å²) < 4.78 is 6.96. The summed E-state index contributed by atoms with van der Waals surface area (Å²) in [4.78, 5) is 11.7. The molecule has 0 saturated heterocycles. The summed E-state index contributed by atoms with van der Waals surface area (Å²) in [6.07, 6.45) is 4.20. The Hall–Kier alpha value is -1.33. The summed E-state index contributed by atoms with van der Waals surface area (Å²) in [6.45, 7) is 2.68. The molecule has 18 heavy (non-hydrogen) atoms. The van der Waals surface area contributed by atoms with E-state index in [1.807, 2.05) is 22.9 Å². The van der Waals surface area contributed by atoms with Crippen LogP contribution in [0.2, 0.25) is 0 Å². The van der Waals surface area contributed by atoms with Crippen LogP contribution in [0.1, 0.15) is 18.5 Å². The van der Waals surface area contributed by atoms with E-state index in [9.17, 15) is 4.79 Å². The fourth-order valence-electron chi connectivity index (χ4n) is 1.81. The molecule has 1 fully saturated rings. The molecule has 1 aliphatic rings. The van der Waals surface area contributed by atoms with Crippen molar-refractivity contribution < 1.29 is 9.53 Å². The number of rotatable bonds is 8. The maximum atomic E-state index is 11.7. The van der Waals surface area contributed by atoms with E-state index in [-0.39, 0.29) is 5.91 Å². The van der Waals surface area contributed by atoms with E-state index in [1.165, 1.54) is 0 Å². The van der Waals surface area contributed by atoms with E-state index in [1.54, 1.807) is 7.11 Å². The quantitative estimate of drug-likeness (QED) is 0.662. The van der Waals surface area contributed by atoms with Crippen molar-refractivity contribution in [2.75, 3.05) is 20.3 Å². The lowest BCUT2D eigenvalue weighted by atomic mass is 10.4. The van der Waals surface area contributed by atoms with Gasteiger partial charge in [-0.25, -0.2) is 0 Å². The van der Waals surface area contributed by atoms with Gasteiger partial charge in [-0.1, -0.05) is 0 Å². The van der Waals surface area contributed by atoms with E-state index >= 15 is 0 Å².